The van der Waals surface area contributed by atoms with E-state index in [0.717, 1.165) is 0 Å². The van der Waals surface area contributed by atoms with Crippen LogP contribution >= 0.6 is 0 Å². The van der Waals surface area contributed by atoms with Crippen LogP contribution in [0.4, 0.5) is 20.8 Å². The lowest BCUT2D eigenvalue weighted by atomic mass is 10.1. The molecule has 13 heteroatoms. The lowest BCUT2D eigenvalue weighted by Gasteiger charge is -2.09. The number of halogens is 1. The monoisotopic (exact) mass is 483 g/mol. The number of H-pyrrole nitrogens is 1. The van der Waals surface area contributed by atoms with E-state index < -0.39 is 22.0 Å². The Hall–Kier alpha value is -4.52. The van der Waals surface area contributed by atoms with Crippen LogP contribution < -0.4 is 15.4 Å². The third-order valence-corrected chi connectivity index (χ3v) is 5.98. The number of nitrogens with zero attached hydrogens (tertiary/aromatic N) is 3. The summed E-state index contributed by atoms with van der Waals surface area (Å²) >= 11 is 0. The van der Waals surface area contributed by atoms with Gasteiger partial charge in [0.25, 0.3) is 15.9 Å². The maximum atomic E-state index is 13.1. The van der Waals surface area contributed by atoms with E-state index in [1.54, 1.807) is 25.2 Å². The maximum absolute atomic E-state index is 13.1. The van der Waals surface area contributed by atoms with Crippen LogP contribution in [0.1, 0.15) is 10.5 Å². The van der Waals surface area contributed by atoms with Gasteiger partial charge in [0.2, 0.25) is 5.95 Å². The molecule has 4 aromatic rings. The van der Waals surface area contributed by atoms with Crippen LogP contribution in [0, 0.1) is 5.82 Å². The third kappa shape index (κ3) is 5.10. The van der Waals surface area contributed by atoms with Crippen molar-refractivity contribution in [2.75, 3.05) is 10.6 Å². The number of urea groups is 1. The molecular formula is C21H18FN7O4S. The Kier molecular flexibility index (Phi) is 6.10. The summed E-state index contributed by atoms with van der Waals surface area (Å²) in [6.45, 7) is 0. The lowest BCUT2D eigenvalue weighted by Crippen LogP contribution is -2.34. The quantitative estimate of drug-likeness (QED) is 0.331. The average Bonchev–Trinajstić information content (AvgIpc) is 3.44. The maximum Gasteiger partial charge on any atom is 0.335 e. The number of anilines is 2. The fourth-order valence-corrected chi connectivity index (χ4v) is 3.91. The molecule has 0 spiro atoms. The second-order valence-electron chi connectivity index (χ2n) is 7.02. The second-order valence-corrected chi connectivity index (χ2v) is 8.70. The van der Waals surface area contributed by atoms with Gasteiger partial charge in [0, 0.05) is 30.7 Å². The number of amides is 3. The number of carbonyl (C=O) groups excluding carboxylic acids is 2. The number of carbonyl (C=O) groups is 2. The molecule has 0 unspecified atom stereocenters. The van der Waals surface area contributed by atoms with Gasteiger partial charge in [-0.15, -0.1) is 0 Å². The van der Waals surface area contributed by atoms with Crippen LogP contribution in [0.15, 0.2) is 71.9 Å². The van der Waals surface area contributed by atoms with Crippen LogP contribution in [0.3, 0.4) is 0 Å². The summed E-state index contributed by atoms with van der Waals surface area (Å²) in [5, 5.41) is 9.18. The Morgan fingerprint density at radius 1 is 1.03 bits per heavy atom. The fourth-order valence-electron chi connectivity index (χ4n) is 3.00. The number of nitrogens with one attached hydrogen (secondary N) is 4. The Balaban J connectivity index is 1.43. The molecule has 0 aliphatic rings. The molecule has 0 aliphatic carbocycles. The van der Waals surface area contributed by atoms with Gasteiger partial charge in [-0.05, 0) is 54.6 Å². The SMILES string of the molecule is Cn1nc(-c2ccc(F)cc2)cc1C(=O)Nc1ccc(S(=O)(=O)NC(=O)Nc2ncc[nH]2)cc1. The lowest BCUT2D eigenvalue weighted by molar-refractivity contribution is 0.101. The van der Waals surface area contributed by atoms with Crippen molar-refractivity contribution in [3.63, 3.8) is 0 Å². The highest BCUT2D eigenvalue weighted by Crippen LogP contribution is 2.20. The number of aryl methyl sites for hydroxylation is 1. The molecule has 0 fully saturated rings. The summed E-state index contributed by atoms with van der Waals surface area (Å²) in [4.78, 5) is 30.8. The Bertz CT molecular complexity index is 1430. The van der Waals surface area contributed by atoms with Gasteiger partial charge in [-0.25, -0.2) is 27.3 Å². The minimum absolute atomic E-state index is 0.0866. The summed E-state index contributed by atoms with van der Waals surface area (Å²) in [7, 11) is -2.56. The third-order valence-electron chi connectivity index (χ3n) is 4.63. The minimum Gasteiger partial charge on any atom is -0.331 e. The minimum atomic E-state index is -4.15. The summed E-state index contributed by atoms with van der Waals surface area (Å²) in [6.07, 6.45) is 2.86. The summed E-state index contributed by atoms with van der Waals surface area (Å²) in [5.41, 5.74) is 1.71. The van der Waals surface area contributed by atoms with Crippen LogP contribution in [-0.4, -0.2) is 40.1 Å². The van der Waals surface area contributed by atoms with Gasteiger partial charge in [0.15, 0.2) is 0 Å². The second kappa shape index (κ2) is 9.15. The number of rotatable bonds is 6. The molecule has 3 amide bonds. The van der Waals surface area contributed by atoms with Crippen molar-refractivity contribution in [1.29, 1.82) is 0 Å². The van der Waals surface area contributed by atoms with Crippen molar-refractivity contribution in [3.05, 3.63) is 78.5 Å². The Labute approximate surface area is 193 Å². The van der Waals surface area contributed by atoms with Crippen molar-refractivity contribution in [2.24, 2.45) is 7.05 Å². The zero-order chi connectivity index (χ0) is 24.3. The molecule has 0 aliphatic heterocycles. The standard InChI is InChI=1S/C21H18FN7O4S/c1-29-18(12-17(27-29)13-2-4-14(22)5-3-13)19(30)25-15-6-8-16(9-7-15)34(32,33)28-21(31)26-20-23-10-11-24-20/h2-12H,1H3,(H,25,30)(H3,23,24,26,28,31). The van der Waals surface area contributed by atoms with E-state index in [1.165, 1.54) is 53.5 Å². The van der Waals surface area contributed by atoms with E-state index >= 15 is 0 Å². The number of benzene rings is 2. The number of sulfonamides is 1. The van der Waals surface area contributed by atoms with E-state index in [1.807, 2.05) is 4.72 Å². The van der Waals surface area contributed by atoms with Crippen molar-refractivity contribution < 1.29 is 22.4 Å². The number of aromatic nitrogens is 4. The van der Waals surface area contributed by atoms with Gasteiger partial charge in [0.05, 0.1) is 10.6 Å². The Morgan fingerprint density at radius 2 is 1.74 bits per heavy atom. The van der Waals surface area contributed by atoms with Crippen molar-refractivity contribution in [1.82, 2.24) is 24.5 Å². The predicted octanol–water partition coefficient (Wildman–Crippen LogP) is 2.71. The number of hydrogen-bond acceptors (Lipinski definition) is 6. The van der Waals surface area contributed by atoms with Gasteiger partial charge >= 0.3 is 6.03 Å². The fraction of sp³-hybridized carbons (Fsp3) is 0.0476. The predicted molar refractivity (Wildman–Crippen MR) is 121 cm³/mol. The van der Waals surface area contributed by atoms with E-state index in [0.29, 0.717) is 16.9 Å². The molecule has 2 heterocycles. The zero-order valence-corrected chi connectivity index (χ0v) is 18.4. The van der Waals surface area contributed by atoms with E-state index in [4.69, 9.17) is 0 Å². The van der Waals surface area contributed by atoms with Crippen LogP contribution in [0.5, 0.6) is 0 Å². The number of aromatic amines is 1. The normalized spacial score (nSPS) is 11.1. The highest BCUT2D eigenvalue weighted by atomic mass is 32.2. The molecule has 4 N–H and O–H groups in total. The molecule has 0 bridgehead atoms. The largest absolute Gasteiger partial charge is 0.335 e. The smallest absolute Gasteiger partial charge is 0.331 e. The molecule has 34 heavy (non-hydrogen) atoms. The van der Waals surface area contributed by atoms with Crippen molar-refractivity contribution >= 4 is 33.6 Å². The van der Waals surface area contributed by atoms with Crippen LogP contribution in [-0.2, 0) is 17.1 Å². The van der Waals surface area contributed by atoms with Gasteiger partial charge in [-0.1, -0.05) is 0 Å². The molecule has 174 valence electrons. The molecular weight excluding hydrogens is 465 g/mol. The molecule has 0 saturated heterocycles. The van der Waals surface area contributed by atoms with Crippen molar-refractivity contribution in [3.8, 4) is 11.3 Å². The zero-order valence-electron chi connectivity index (χ0n) is 17.6. The van der Waals surface area contributed by atoms with Gasteiger partial charge in [0.1, 0.15) is 11.5 Å². The summed E-state index contributed by atoms with van der Waals surface area (Å²) < 4.78 is 41.2. The van der Waals surface area contributed by atoms with Gasteiger partial charge < -0.3 is 10.3 Å². The molecule has 0 saturated carbocycles. The molecule has 0 atom stereocenters. The topological polar surface area (TPSA) is 151 Å². The summed E-state index contributed by atoms with van der Waals surface area (Å²) in [6, 6.07) is 11.5. The van der Waals surface area contributed by atoms with E-state index in [2.05, 4.69) is 25.7 Å². The molecule has 11 nitrogen and oxygen atoms in total. The van der Waals surface area contributed by atoms with Gasteiger partial charge in [-0.2, -0.15) is 5.10 Å². The van der Waals surface area contributed by atoms with Gasteiger partial charge in [-0.3, -0.25) is 14.8 Å². The highest BCUT2D eigenvalue weighted by Gasteiger charge is 2.19. The Morgan fingerprint density at radius 3 is 2.38 bits per heavy atom. The average molecular weight is 483 g/mol. The molecule has 0 radical (unpaired) electrons. The van der Waals surface area contributed by atoms with E-state index in [-0.39, 0.29) is 22.4 Å². The molecule has 2 aromatic carbocycles. The first-order chi connectivity index (χ1) is 16.2. The van der Waals surface area contributed by atoms with E-state index in [9.17, 15) is 22.4 Å². The molecule has 2 aromatic heterocycles. The first-order valence-corrected chi connectivity index (χ1v) is 11.2. The van der Waals surface area contributed by atoms with Crippen molar-refractivity contribution in [2.45, 2.75) is 4.90 Å². The first-order valence-electron chi connectivity index (χ1n) is 9.76. The van der Waals surface area contributed by atoms with Crippen LogP contribution in [0.2, 0.25) is 0 Å². The number of imidazole rings is 1. The summed E-state index contributed by atoms with van der Waals surface area (Å²) in [5.74, 6) is -0.769. The first kappa shape index (κ1) is 22.7. The molecule has 4 rings (SSSR count). The number of hydrogen-bond donors (Lipinski definition) is 4. The van der Waals surface area contributed by atoms with Crippen LogP contribution in [0.25, 0.3) is 11.3 Å². The highest BCUT2D eigenvalue weighted by molar-refractivity contribution is 7.90.